The molecule has 0 spiro atoms. The number of H-pyrrole nitrogens is 1. The fraction of sp³-hybridized carbons (Fsp3) is 0.286. The Balaban J connectivity index is 3.58. The molecule has 0 atom stereocenters. The number of nitrogens with one attached hydrogen (secondary N) is 1. The molecule has 1 N–H and O–H groups in total. The quantitative estimate of drug-likeness (QED) is 0.562. The molecule has 0 amide bonds. The maximum absolute atomic E-state index is 11.2. The minimum Gasteiger partial charge on any atom is -0.313 e. The van der Waals surface area contributed by atoms with Gasteiger partial charge in [-0.15, -0.1) is 0 Å². The van der Waals surface area contributed by atoms with Crippen LogP contribution in [0.3, 0.4) is 0 Å². The fourth-order valence-electron chi connectivity index (χ4n) is 0.818. The van der Waals surface area contributed by atoms with Gasteiger partial charge in [-0.1, -0.05) is 0 Å². The average Bonchev–Trinajstić information content (AvgIpc) is 2.00. The molecule has 1 aromatic rings. The highest BCUT2D eigenvalue weighted by atomic mass is 16.2. The molecule has 0 unspecified atom stereocenters. The van der Waals surface area contributed by atoms with E-state index in [1.54, 1.807) is 0 Å². The number of ketones is 1. The van der Waals surface area contributed by atoms with Crippen molar-refractivity contribution >= 4 is 5.78 Å². The summed E-state index contributed by atoms with van der Waals surface area (Å²) in [6, 6.07) is 0. The predicted molar refractivity (Wildman–Crippen MR) is 42.3 cm³/mol. The minimum atomic E-state index is -0.564. The summed E-state index contributed by atoms with van der Waals surface area (Å²) in [6.45, 7) is 1.27. The number of hydrogen-bond acceptors (Lipinski definition) is 3. The number of hydrogen-bond donors (Lipinski definition) is 1. The van der Waals surface area contributed by atoms with Gasteiger partial charge in [0.2, 0.25) is 0 Å². The average molecular weight is 168 g/mol. The van der Waals surface area contributed by atoms with Gasteiger partial charge >= 0.3 is 5.69 Å². The van der Waals surface area contributed by atoms with E-state index >= 15 is 0 Å². The smallest absolute Gasteiger partial charge is 0.313 e. The van der Waals surface area contributed by atoms with Crippen LogP contribution in [0.2, 0.25) is 0 Å². The third-order valence-corrected chi connectivity index (χ3v) is 1.56. The van der Waals surface area contributed by atoms with Crippen molar-refractivity contribution in [3.05, 3.63) is 32.6 Å². The molecular formula is C7H8N2O3. The summed E-state index contributed by atoms with van der Waals surface area (Å²) < 4.78 is 0.858. The Hall–Kier alpha value is -1.65. The van der Waals surface area contributed by atoms with Gasteiger partial charge < -0.3 is 4.98 Å². The molecule has 12 heavy (non-hydrogen) atoms. The Bertz CT molecular complexity index is 427. The molecule has 1 aromatic heterocycles. The summed E-state index contributed by atoms with van der Waals surface area (Å²) in [5.41, 5.74) is -1.09. The molecule has 1 heterocycles. The van der Waals surface area contributed by atoms with Crippen LogP contribution < -0.4 is 11.2 Å². The van der Waals surface area contributed by atoms with E-state index in [4.69, 9.17) is 0 Å². The van der Waals surface area contributed by atoms with E-state index in [0.717, 1.165) is 10.8 Å². The second-order valence-electron chi connectivity index (χ2n) is 2.43. The molecule has 0 bridgehead atoms. The summed E-state index contributed by atoms with van der Waals surface area (Å²) in [6.07, 6.45) is 1.13. The lowest BCUT2D eigenvalue weighted by atomic mass is 10.2. The normalized spacial score (nSPS) is 9.83. The van der Waals surface area contributed by atoms with Gasteiger partial charge in [0.25, 0.3) is 5.56 Å². The number of aromatic nitrogens is 2. The lowest BCUT2D eigenvalue weighted by molar-refractivity contribution is 0.101. The minimum absolute atomic E-state index is 0.00269. The standard InChI is InChI=1S/C7H8N2O3/c1-4(10)5-3-8-7(12)9(2)6(5)11/h3H,1-2H3,(H,8,12). The molecule has 0 aliphatic heterocycles. The van der Waals surface area contributed by atoms with Gasteiger partial charge in [0.1, 0.15) is 0 Å². The summed E-state index contributed by atoms with van der Waals surface area (Å²) in [5.74, 6) is -0.355. The van der Waals surface area contributed by atoms with Crippen LogP contribution in [0.4, 0.5) is 0 Å². The monoisotopic (exact) mass is 168 g/mol. The number of aromatic amines is 1. The third-order valence-electron chi connectivity index (χ3n) is 1.56. The maximum atomic E-state index is 11.2. The van der Waals surface area contributed by atoms with E-state index in [-0.39, 0.29) is 11.3 Å². The molecule has 64 valence electrons. The highest BCUT2D eigenvalue weighted by Crippen LogP contribution is 1.85. The number of carbonyl (C=O) groups is 1. The topological polar surface area (TPSA) is 71.9 Å². The largest absolute Gasteiger partial charge is 0.328 e. The summed E-state index contributed by atoms with van der Waals surface area (Å²) in [5, 5.41) is 0. The van der Waals surface area contributed by atoms with Crippen molar-refractivity contribution in [2.24, 2.45) is 7.05 Å². The van der Waals surface area contributed by atoms with Gasteiger partial charge in [-0.3, -0.25) is 14.2 Å². The van der Waals surface area contributed by atoms with Crippen molar-refractivity contribution in [2.45, 2.75) is 6.92 Å². The van der Waals surface area contributed by atoms with E-state index in [2.05, 4.69) is 4.98 Å². The first-order valence-corrected chi connectivity index (χ1v) is 3.33. The highest BCUT2D eigenvalue weighted by Gasteiger charge is 2.07. The molecule has 0 aromatic carbocycles. The lowest BCUT2D eigenvalue weighted by Gasteiger charge is -1.96. The molecule has 0 radical (unpaired) electrons. The number of rotatable bonds is 1. The molecule has 1 rings (SSSR count). The van der Waals surface area contributed by atoms with E-state index < -0.39 is 11.2 Å². The molecule has 0 aliphatic rings. The van der Waals surface area contributed by atoms with Crippen molar-refractivity contribution in [3.8, 4) is 0 Å². The van der Waals surface area contributed by atoms with E-state index in [0.29, 0.717) is 0 Å². The van der Waals surface area contributed by atoms with Crippen LogP contribution >= 0.6 is 0 Å². The second kappa shape index (κ2) is 2.77. The molecule has 5 nitrogen and oxygen atoms in total. The number of nitrogens with zero attached hydrogens (tertiary/aromatic N) is 1. The van der Waals surface area contributed by atoms with Crippen LogP contribution in [-0.2, 0) is 7.05 Å². The zero-order valence-corrected chi connectivity index (χ0v) is 6.75. The first-order valence-electron chi connectivity index (χ1n) is 3.33. The van der Waals surface area contributed by atoms with Crippen LogP contribution in [0.15, 0.2) is 15.8 Å². The molecular weight excluding hydrogens is 160 g/mol. The Kier molecular flexibility index (Phi) is 1.95. The second-order valence-corrected chi connectivity index (χ2v) is 2.43. The number of carbonyl (C=O) groups excluding carboxylic acids is 1. The first-order chi connectivity index (χ1) is 5.54. The fourth-order valence-corrected chi connectivity index (χ4v) is 0.818. The van der Waals surface area contributed by atoms with Gasteiger partial charge in [0.15, 0.2) is 5.78 Å². The summed E-state index contributed by atoms with van der Waals surface area (Å²) in [7, 11) is 1.31. The molecule has 0 saturated heterocycles. The van der Waals surface area contributed by atoms with Crippen molar-refractivity contribution in [3.63, 3.8) is 0 Å². The lowest BCUT2D eigenvalue weighted by Crippen LogP contribution is -2.35. The van der Waals surface area contributed by atoms with Gasteiger partial charge in [0.05, 0.1) is 5.56 Å². The van der Waals surface area contributed by atoms with Crippen LogP contribution in [-0.4, -0.2) is 15.3 Å². The van der Waals surface area contributed by atoms with E-state index in [9.17, 15) is 14.4 Å². The molecule has 0 aliphatic carbocycles. The summed E-state index contributed by atoms with van der Waals surface area (Å²) in [4.78, 5) is 35.0. The van der Waals surface area contributed by atoms with Crippen molar-refractivity contribution in [1.82, 2.24) is 9.55 Å². The first kappa shape index (κ1) is 8.45. The zero-order valence-electron chi connectivity index (χ0n) is 6.75. The van der Waals surface area contributed by atoms with Crippen LogP contribution in [0.5, 0.6) is 0 Å². The SMILES string of the molecule is CC(=O)c1c[nH]c(=O)n(C)c1=O. The Morgan fingerprint density at radius 3 is 2.58 bits per heavy atom. The van der Waals surface area contributed by atoms with Gasteiger partial charge in [-0.05, 0) is 6.92 Å². The maximum Gasteiger partial charge on any atom is 0.328 e. The predicted octanol–water partition coefficient (Wildman–Crippen LogP) is -0.724. The number of Topliss-reactive ketones (excluding diaryl/α,β-unsaturated/α-hetero) is 1. The highest BCUT2D eigenvalue weighted by molar-refractivity contribution is 5.93. The van der Waals surface area contributed by atoms with Crippen molar-refractivity contribution < 1.29 is 4.79 Å². The van der Waals surface area contributed by atoms with Crippen molar-refractivity contribution in [2.75, 3.05) is 0 Å². The van der Waals surface area contributed by atoms with Crippen LogP contribution in [0.25, 0.3) is 0 Å². The zero-order chi connectivity index (χ0) is 9.30. The van der Waals surface area contributed by atoms with Crippen LogP contribution in [0.1, 0.15) is 17.3 Å². The van der Waals surface area contributed by atoms with E-state index in [1.165, 1.54) is 14.0 Å². The Morgan fingerprint density at radius 1 is 1.50 bits per heavy atom. The van der Waals surface area contributed by atoms with Gasteiger partial charge in [0, 0.05) is 13.2 Å². The molecule has 0 fully saturated rings. The molecule has 5 heteroatoms. The Labute approximate surface area is 67.7 Å². The van der Waals surface area contributed by atoms with Crippen molar-refractivity contribution in [1.29, 1.82) is 0 Å². The Morgan fingerprint density at radius 2 is 2.08 bits per heavy atom. The third kappa shape index (κ3) is 1.20. The van der Waals surface area contributed by atoms with Gasteiger partial charge in [-0.2, -0.15) is 0 Å². The van der Waals surface area contributed by atoms with E-state index in [1.807, 2.05) is 0 Å². The molecule has 0 saturated carbocycles. The van der Waals surface area contributed by atoms with Crippen LogP contribution in [0, 0.1) is 0 Å². The van der Waals surface area contributed by atoms with Gasteiger partial charge in [-0.25, -0.2) is 4.79 Å². The summed E-state index contributed by atoms with van der Waals surface area (Å²) >= 11 is 0.